The first-order valence-electron chi connectivity index (χ1n) is 9.47. The van der Waals surface area contributed by atoms with E-state index in [0.717, 1.165) is 5.56 Å². The number of ether oxygens (including phenoxy) is 3. The Hall–Kier alpha value is -3.37. The number of nitro groups is 1. The average Bonchev–Trinajstić information content (AvgIpc) is 3.05. The molecule has 1 fully saturated rings. The molecule has 1 saturated heterocycles. The van der Waals surface area contributed by atoms with Gasteiger partial charge < -0.3 is 14.2 Å². The standard InChI is InChI=1S/C22H20N2O6S2/c1-3-10-23-21(25)20(32-22(23)31)14-15-4-9-18(19(13-15)28-2)30-12-11-29-17-7-5-16(6-8-17)24(26)27/h3-9,13-14H,1,10-12H2,2H3. The molecule has 0 aliphatic carbocycles. The van der Waals surface area contributed by atoms with Gasteiger partial charge in [0, 0.05) is 18.7 Å². The highest BCUT2D eigenvalue weighted by Gasteiger charge is 2.31. The van der Waals surface area contributed by atoms with Gasteiger partial charge in [0.1, 0.15) is 23.3 Å². The first-order valence-corrected chi connectivity index (χ1v) is 10.7. The fraction of sp³-hybridized carbons (Fsp3) is 0.182. The van der Waals surface area contributed by atoms with Gasteiger partial charge in [-0.3, -0.25) is 19.8 Å². The van der Waals surface area contributed by atoms with E-state index in [1.807, 2.05) is 6.07 Å². The number of thioether (sulfide) groups is 1. The number of carbonyl (C=O) groups excluding carboxylic acids is 1. The molecule has 0 atom stereocenters. The van der Waals surface area contributed by atoms with Crippen LogP contribution in [0.15, 0.2) is 60.0 Å². The van der Waals surface area contributed by atoms with Crippen molar-refractivity contribution in [2.24, 2.45) is 0 Å². The van der Waals surface area contributed by atoms with Gasteiger partial charge in [-0.2, -0.15) is 0 Å². The first-order chi connectivity index (χ1) is 15.4. The van der Waals surface area contributed by atoms with Crippen LogP contribution < -0.4 is 14.2 Å². The Morgan fingerprint density at radius 2 is 1.88 bits per heavy atom. The van der Waals surface area contributed by atoms with E-state index in [2.05, 4.69) is 6.58 Å². The van der Waals surface area contributed by atoms with Crippen molar-refractivity contribution in [1.82, 2.24) is 4.90 Å². The number of carbonyl (C=O) groups is 1. The van der Waals surface area contributed by atoms with Gasteiger partial charge in [0.05, 0.1) is 16.9 Å². The molecule has 0 aromatic heterocycles. The molecule has 3 rings (SSSR count). The maximum Gasteiger partial charge on any atom is 0.269 e. The topological polar surface area (TPSA) is 91.1 Å². The molecule has 2 aromatic rings. The van der Waals surface area contributed by atoms with Gasteiger partial charge >= 0.3 is 0 Å². The van der Waals surface area contributed by atoms with Crippen LogP contribution in [0.2, 0.25) is 0 Å². The van der Waals surface area contributed by atoms with Crippen molar-refractivity contribution < 1.29 is 23.9 Å². The third kappa shape index (κ3) is 5.65. The summed E-state index contributed by atoms with van der Waals surface area (Å²) in [6, 6.07) is 11.2. The molecule has 10 heteroatoms. The molecule has 32 heavy (non-hydrogen) atoms. The van der Waals surface area contributed by atoms with Crippen molar-refractivity contribution in [3.63, 3.8) is 0 Å². The monoisotopic (exact) mass is 472 g/mol. The molecule has 1 heterocycles. The van der Waals surface area contributed by atoms with E-state index in [-0.39, 0.29) is 24.8 Å². The molecule has 2 aromatic carbocycles. The number of thiocarbonyl (C=S) groups is 1. The smallest absolute Gasteiger partial charge is 0.269 e. The second-order valence-electron chi connectivity index (χ2n) is 6.44. The van der Waals surface area contributed by atoms with Crippen LogP contribution in [0, 0.1) is 10.1 Å². The Morgan fingerprint density at radius 3 is 2.53 bits per heavy atom. The fourth-order valence-electron chi connectivity index (χ4n) is 2.81. The summed E-state index contributed by atoms with van der Waals surface area (Å²) >= 11 is 6.50. The average molecular weight is 473 g/mol. The Kier molecular flexibility index (Phi) is 7.85. The number of benzene rings is 2. The number of hydrogen-bond donors (Lipinski definition) is 0. The van der Waals surface area contributed by atoms with Crippen molar-refractivity contribution in [3.8, 4) is 17.2 Å². The van der Waals surface area contributed by atoms with Crippen molar-refractivity contribution in [2.75, 3.05) is 26.9 Å². The second kappa shape index (κ2) is 10.8. The number of nitro benzene ring substituents is 1. The fourth-order valence-corrected chi connectivity index (χ4v) is 4.08. The molecule has 166 valence electrons. The van der Waals surface area contributed by atoms with Gasteiger partial charge in [-0.25, -0.2) is 0 Å². The van der Waals surface area contributed by atoms with E-state index in [9.17, 15) is 14.9 Å². The summed E-state index contributed by atoms with van der Waals surface area (Å²) in [6.07, 6.45) is 3.39. The van der Waals surface area contributed by atoms with Gasteiger partial charge in [0.15, 0.2) is 11.5 Å². The summed E-state index contributed by atoms with van der Waals surface area (Å²) in [6.45, 7) is 4.51. The molecule has 1 aliphatic rings. The zero-order chi connectivity index (χ0) is 23.1. The predicted octanol–water partition coefficient (Wildman–Crippen LogP) is 4.45. The molecule has 8 nitrogen and oxygen atoms in total. The molecular weight excluding hydrogens is 452 g/mol. The summed E-state index contributed by atoms with van der Waals surface area (Å²) in [7, 11) is 1.53. The lowest BCUT2D eigenvalue weighted by Gasteiger charge is -2.12. The third-order valence-electron chi connectivity index (χ3n) is 4.33. The third-order valence-corrected chi connectivity index (χ3v) is 5.71. The van der Waals surface area contributed by atoms with Gasteiger partial charge in [-0.1, -0.05) is 36.1 Å². The van der Waals surface area contributed by atoms with Crippen LogP contribution in [0.4, 0.5) is 5.69 Å². The Bertz CT molecular complexity index is 1070. The summed E-state index contributed by atoms with van der Waals surface area (Å²) in [5, 5.41) is 10.7. The highest BCUT2D eigenvalue weighted by atomic mass is 32.2. The highest BCUT2D eigenvalue weighted by molar-refractivity contribution is 8.26. The van der Waals surface area contributed by atoms with E-state index < -0.39 is 4.92 Å². The van der Waals surface area contributed by atoms with Gasteiger partial charge in [0.2, 0.25) is 0 Å². The van der Waals surface area contributed by atoms with Crippen LogP contribution in [-0.2, 0) is 4.79 Å². The molecule has 0 radical (unpaired) electrons. The Labute approximate surface area is 194 Å². The molecule has 0 saturated carbocycles. The highest BCUT2D eigenvalue weighted by Crippen LogP contribution is 2.34. The van der Waals surface area contributed by atoms with E-state index in [1.165, 1.54) is 48.0 Å². The largest absolute Gasteiger partial charge is 0.493 e. The molecular formula is C22H20N2O6S2. The minimum Gasteiger partial charge on any atom is -0.493 e. The molecule has 1 aliphatic heterocycles. The minimum atomic E-state index is -0.467. The lowest BCUT2D eigenvalue weighted by atomic mass is 10.2. The van der Waals surface area contributed by atoms with E-state index in [4.69, 9.17) is 26.4 Å². The summed E-state index contributed by atoms with van der Waals surface area (Å²) in [5.41, 5.74) is 0.775. The van der Waals surface area contributed by atoms with Crippen LogP contribution in [0.25, 0.3) is 6.08 Å². The number of rotatable bonds is 10. The van der Waals surface area contributed by atoms with Crippen molar-refractivity contribution in [3.05, 3.63) is 75.7 Å². The first kappa shape index (κ1) is 23.3. The van der Waals surface area contributed by atoms with Crippen LogP contribution >= 0.6 is 24.0 Å². The number of hydrogen-bond acceptors (Lipinski definition) is 8. The second-order valence-corrected chi connectivity index (χ2v) is 8.11. The number of non-ortho nitro benzene ring substituents is 1. The maximum atomic E-state index is 12.5. The molecule has 1 amide bonds. The number of methoxy groups -OCH3 is 1. The summed E-state index contributed by atoms with van der Waals surface area (Å²) in [4.78, 5) is 24.7. The van der Waals surface area contributed by atoms with Gasteiger partial charge in [0.25, 0.3) is 11.6 Å². The number of amides is 1. The van der Waals surface area contributed by atoms with E-state index in [0.29, 0.717) is 33.0 Å². The van der Waals surface area contributed by atoms with E-state index in [1.54, 1.807) is 24.3 Å². The molecule has 0 spiro atoms. The summed E-state index contributed by atoms with van der Waals surface area (Å²) < 4.78 is 17.2. The zero-order valence-corrected chi connectivity index (χ0v) is 18.8. The van der Waals surface area contributed by atoms with Gasteiger partial charge in [-0.15, -0.1) is 6.58 Å². The zero-order valence-electron chi connectivity index (χ0n) is 17.2. The summed E-state index contributed by atoms with van der Waals surface area (Å²) in [5.74, 6) is 1.39. The number of nitrogens with zero attached hydrogens (tertiary/aromatic N) is 2. The van der Waals surface area contributed by atoms with Crippen molar-refractivity contribution in [2.45, 2.75) is 0 Å². The van der Waals surface area contributed by atoms with Crippen LogP contribution in [-0.4, -0.2) is 46.9 Å². The minimum absolute atomic E-state index is 0.00124. The predicted molar refractivity (Wildman–Crippen MR) is 127 cm³/mol. The quantitative estimate of drug-likeness (QED) is 0.125. The lowest BCUT2D eigenvalue weighted by Crippen LogP contribution is -2.27. The van der Waals surface area contributed by atoms with Crippen molar-refractivity contribution in [1.29, 1.82) is 0 Å². The van der Waals surface area contributed by atoms with Gasteiger partial charge in [-0.05, 0) is 35.9 Å². The van der Waals surface area contributed by atoms with Crippen LogP contribution in [0.5, 0.6) is 17.2 Å². The Balaban J connectivity index is 1.59. The van der Waals surface area contributed by atoms with E-state index >= 15 is 0 Å². The SMILES string of the molecule is C=CCN1C(=O)C(=Cc2ccc(OCCOc3ccc([N+](=O)[O-])cc3)c(OC)c2)SC1=S. The molecule has 0 unspecified atom stereocenters. The molecule has 0 N–H and O–H groups in total. The van der Waals surface area contributed by atoms with Crippen molar-refractivity contribution >= 4 is 46.0 Å². The lowest BCUT2D eigenvalue weighted by molar-refractivity contribution is -0.384. The maximum absolute atomic E-state index is 12.5. The van der Waals surface area contributed by atoms with Crippen LogP contribution in [0.1, 0.15) is 5.56 Å². The normalized spacial score (nSPS) is 14.5. The Morgan fingerprint density at radius 1 is 1.16 bits per heavy atom. The van der Waals surface area contributed by atoms with Crippen LogP contribution in [0.3, 0.4) is 0 Å². The molecule has 0 bridgehead atoms.